The Morgan fingerprint density at radius 3 is 1.32 bits per heavy atom. The zero-order valence-corrected chi connectivity index (χ0v) is 17.5. The van der Waals surface area contributed by atoms with Gasteiger partial charge in [-0.25, -0.2) is 0 Å². The molecule has 0 aromatic heterocycles. The van der Waals surface area contributed by atoms with E-state index in [9.17, 15) is 19.8 Å². The molecular weight excluding hydrogens is 552 g/mol. The summed E-state index contributed by atoms with van der Waals surface area (Å²) in [5.74, 6) is -2.53. The summed E-state index contributed by atoms with van der Waals surface area (Å²) in [7, 11) is 0. The number of halogens is 4. The van der Waals surface area contributed by atoms with Crippen LogP contribution in [0, 0.1) is 10.8 Å². The van der Waals surface area contributed by atoms with Gasteiger partial charge in [-0.3, -0.25) is 9.59 Å². The summed E-state index contributed by atoms with van der Waals surface area (Å²) < 4.78 is 1.33. The summed E-state index contributed by atoms with van der Waals surface area (Å²) in [4.78, 5) is 24.4. The van der Waals surface area contributed by atoms with Gasteiger partial charge in [0.05, 0.1) is 0 Å². The van der Waals surface area contributed by atoms with Gasteiger partial charge >= 0.3 is 11.9 Å². The molecule has 0 fully saturated rings. The number of carboxylic acids is 2. The van der Waals surface area contributed by atoms with Crippen LogP contribution in [-0.4, -0.2) is 22.2 Å². The Labute approximate surface area is 161 Å². The molecule has 1 aliphatic rings. The summed E-state index contributed by atoms with van der Waals surface area (Å²) in [5.41, 5.74) is -3.52. The van der Waals surface area contributed by atoms with Crippen molar-refractivity contribution >= 4 is 75.7 Å². The van der Waals surface area contributed by atoms with E-state index in [1.54, 1.807) is 0 Å². The largest absolute Gasteiger partial charge is 0.481 e. The average molecular weight is 564 g/mol. The Morgan fingerprint density at radius 2 is 1.14 bits per heavy atom. The van der Waals surface area contributed by atoms with E-state index in [0.717, 1.165) is 0 Å². The van der Waals surface area contributed by atoms with Crippen LogP contribution in [-0.2, 0) is 9.59 Å². The van der Waals surface area contributed by atoms with Crippen LogP contribution in [0.25, 0.3) is 0 Å². The summed E-state index contributed by atoms with van der Waals surface area (Å²) in [6, 6.07) is 0. The van der Waals surface area contributed by atoms with Crippen molar-refractivity contribution in [1.82, 2.24) is 0 Å². The predicted octanol–water partition coefficient (Wildman–Crippen LogP) is 5.30. The first kappa shape index (κ1) is 19.9. The Hall–Kier alpha value is -0.180. The first-order chi connectivity index (χ1) is 10.1. The molecule has 8 heteroatoms. The van der Waals surface area contributed by atoms with E-state index in [-0.39, 0.29) is 21.8 Å². The molecule has 2 N–H and O–H groups in total. The van der Waals surface area contributed by atoms with Crippen LogP contribution < -0.4 is 0 Å². The van der Waals surface area contributed by atoms with Gasteiger partial charge in [-0.05, 0) is 44.7 Å². The molecule has 4 nitrogen and oxygen atoms in total. The van der Waals surface area contributed by atoms with Crippen LogP contribution in [0.3, 0.4) is 0 Å². The van der Waals surface area contributed by atoms with Crippen molar-refractivity contribution in [2.75, 3.05) is 0 Å². The van der Waals surface area contributed by atoms with Gasteiger partial charge in [-0.2, -0.15) is 0 Å². The Kier molecular flexibility index (Phi) is 6.46. The predicted molar refractivity (Wildman–Crippen MR) is 99.5 cm³/mol. The van der Waals surface area contributed by atoms with E-state index in [1.165, 1.54) is 12.2 Å². The molecule has 2 atom stereocenters. The van der Waals surface area contributed by atoms with Crippen molar-refractivity contribution in [1.29, 1.82) is 0 Å². The van der Waals surface area contributed by atoms with Crippen LogP contribution in [0.5, 0.6) is 0 Å². The van der Waals surface area contributed by atoms with E-state index in [0.29, 0.717) is 8.96 Å². The zero-order valence-electron chi connectivity index (χ0n) is 11.2. The van der Waals surface area contributed by atoms with Gasteiger partial charge in [0, 0.05) is 17.9 Å². The first-order valence-electron chi connectivity index (χ1n) is 5.95. The lowest BCUT2D eigenvalue weighted by Gasteiger charge is -2.47. The second-order valence-corrected chi connectivity index (χ2v) is 7.83. The number of rotatable bonds is 6. The topological polar surface area (TPSA) is 74.6 Å². The molecular formula is C14H12Br4O4. The van der Waals surface area contributed by atoms with Crippen molar-refractivity contribution in [3.63, 3.8) is 0 Å². The second kappa shape index (κ2) is 7.15. The Bertz CT molecular complexity index is 568. The molecule has 0 bridgehead atoms. The lowest BCUT2D eigenvalue weighted by molar-refractivity contribution is -0.165. The van der Waals surface area contributed by atoms with Crippen LogP contribution in [0.15, 0.2) is 43.2 Å². The quantitative estimate of drug-likeness (QED) is 0.430. The minimum absolute atomic E-state index is 0.0759. The SMILES string of the molecule is C=CCC1(C(=O)O)C(Br)=C(Br)C(Br)=C(Br)C1(CC=C)C(=O)O. The first-order valence-corrected chi connectivity index (χ1v) is 9.12. The molecule has 120 valence electrons. The van der Waals surface area contributed by atoms with Crippen molar-refractivity contribution in [3.8, 4) is 0 Å². The van der Waals surface area contributed by atoms with Crippen molar-refractivity contribution in [3.05, 3.63) is 43.2 Å². The highest BCUT2D eigenvalue weighted by Crippen LogP contribution is 2.65. The number of carbonyl (C=O) groups is 2. The van der Waals surface area contributed by atoms with E-state index in [2.05, 4.69) is 76.9 Å². The number of allylic oxidation sites excluding steroid dienone is 4. The average Bonchev–Trinajstić information content (AvgIpc) is 2.45. The smallest absolute Gasteiger partial charge is 0.316 e. The van der Waals surface area contributed by atoms with Crippen molar-refractivity contribution < 1.29 is 19.8 Å². The third kappa shape index (κ3) is 2.52. The number of hydrogen-bond acceptors (Lipinski definition) is 2. The molecule has 0 radical (unpaired) electrons. The molecule has 0 aliphatic heterocycles. The highest BCUT2D eigenvalue weighted by Gasteiger charge is 2.66. The normalized spacial score (nSPS) is 28.5. The maximum absolute atomic E-state index is 12.2. The maximum Gasteiger partial charge on any atom is 0.316 e. The van der Waals surface area contributed by atoms with E-state index in [1.807, 2.05) is 0 Å². The fourth-order valence-corrected chi connectivity index (χ4v) is 5.97. The van der Waals surface area contributed by atoms with Crippen LogP contribution >= 0.6 is 63.7 Å². The number of carboxylic acid groups (broad SMARTS) is 2. The summed E-state index contributed by atoms with van der Waals surface area (Å²) >= 11 is 13.2. The monoisotopic (exact) mass is 560 g/mol. The fourth-order valence-electron chi connectivity index (χ4n) is 2.63. The van der Waals surface area contributed by atoms with Crippen LogP contribution in [0.1, 0.15) is 12.8 Å². The van der Waals surface area contributed by atoms with Gasteiger partial charge < -0.3 is 10.2 Å². The molecule has 22 heavy (non-hydrogen) atoms. The van der Waals surface area contributed by atoms with Crippen molar-refractivity contribution in [2.24, 2.45) is 10.8 Å². The van der Waals surface area contributed by atoms with Gasteiger partial charge in [0.15, 0.2) is 0 Å². The molecule has 1 rings (SSSR count). The highest BCUT2D eigenvalue weighted by molar-refractivity contribution is 9.17. The maximum atomic E-state index is 12.2. The molecule has 0 aromatic carbocycles. The molecule has 0 spiro atoms. The lowest BCUT2D eigenvalue weighted by atomic mass is 9.57. The minimum atomic E-state index is -1.76. The number of aliphatic carboxylic acids is 2. The second-order valence-electron chi connectivity index (χ2n) is 4.66. The van der Waals surface area contributed by atoms with Gasteiger partial charge in [-0.15, -0.1) is 13.2 Å². The van der Waals surface area contributed by atoms with Crippen LogP contribution in [0.2, 0.25) is 0 Å². The summed E-state index contributed by atoms with van der Waals surface area (Å²) in [6.07, 6.45) is 2.65. The minimum Gasteiger partial charge on any atom is -0.481 e. The molecule has 0 saturated heterocycles. The van der Waals surface area contributed by atoms with Crippen LogP contribution in [0.4, 0.5) is 0 Å². The summed E-state index contributed by atoms with van der Waals surface area (Å²) in [6.45, 7) is 7.17. The third-order valence-electron chi connectivity index (χ3n) is 3.69. The summed E-state index contributed by atoms with van der Waals surface area (Å²) in [5, 5.41) is 19.9. The van der Waals surface area contributed by atoms with E-state index < -0.39 is 22.8 Å². The van der Waals surface area contributed by atoms with Crippen molar-refractivity contribution in [2.45, 2.75) is 12.8 Å². The van der Waals surface area contributed by atoms with Gasteiger partial charge in [0.1, 0.15) is 10.8 Å². The molecule has 0 heterocycles. The standard InChI is InChI=1S/C14H12Br4O4/c1-3-5-13(11(19)20)9(17)7(15)8(16)10(18)14(13,6-4-2)12(21)22/h3-4H,1-2,5-6H2,(H,19,20)(H,21,22). The van der Waals surface area contributed by atoms with E-state index in [4.69, 9.17) is 0 Å². The highest BCUT2D eigenvalue weighted by atomic mass is 79.9. The molecule has 2 unspecified atom stereocenters. The molecule has 0 aromatic rings. The van der Waals surface area contributed by atoms with E-state index >= 15 is 0 Å². The van der Waals surface area contributed by atoms with Gasteiger partial charge in [0.25, 0.3) is 0 Å². The Balaban J connectivity index is 4.03. The third-order valence-corrected chi connectivity index (χ3v) is 9.02. The number of hydrogen-bond donors (Lipinski definition) is 2. The zero-order chi connectivity index (χ0) is 17.3. The molecule has 0 amide bonds. The Morgan fingerprint density at radius 1 is 0.864 bits per heavy atom. The lowest BCUT2D eigenvalue weighted by Crippen LogP contribution is -2.54. The molecule has 0 saturated carbocycles. The van der Waals surface area contributed by atoms with Gasteiger partial charge in [-0.1, -0.05) is 44.0 Å². The van der Waals surface area contributed by atoms with Gasteiger partial charge in [0.2, 0.25) is 0 Å². The molecule has 1 aliphatic carbocycles. The fraction of sp³-hybridized carbons (Fsp3) is 0.286.